The molecule has 140 valence electrons. The van der Waals surface area contributed by atoms with Crippen LogP contribution >= 0.6 is 0 Å². The zero-order chi connectivity index (χ0) is 18.9. The number of carbonyl (C=O) groups is 1. The number of rotatable bonds is 3. The van der Waals surface area contributed by atoms with Crippen molar-refractivity contribution in [2.45, 2.75) is 32.2 Å². The summed E-state index contributed by atoms with van der Waals surface area (Å²) in [7, 11) is 0. The SMILES string of the molecule is O=C(Nc1ccc(-c2nnc3n2CCCCC3)cc1)c1cn2ccccc2n1. The molecule has 7 heteroatoms. The zero-order valence-corrected chi connectivity index (χ0v) is 15.4. The van der Waals surface area contributed by atoms with Gasteiger partial charge in [0.1, 0.15) is 17.2 Å². The smallest absolute Gasteiger partial charge is 0.275 e. The summed E-state index contributed by atoms with van der Waals surface area (Å²) in [5.41, 5.74) is 2.86. The van der Waals surface area contributed by atoms with E-state index in [0.29, 0.717) is 5.69 Å². The lowest BCUT2D eigenvalue weighted by Crippen LogP contribution is -2.12. The van der Waals surface area contributed by atoms with E-state index >= 15 is 0 Å². The van der Waals surface area contributed by atoms with Gasteiger partial charge in [-0.2, -0.15) is 0 Å². The highest BCUT2D eigenvalue weighted by atomic mass is 16.1. The number of nitrogens with one attached hydrogen (secondary N) is 1. The Hall–Kier alpha value is -3.48. The van der Waals surface area contributed by atoms with Gasteiger partial charge in [-0.3, -0.25) is 4.79 Å². The Bertz CT molecular complexity index is 1110. The van der Waals surface area contributed by atoms with Gasteiger partial charge in [-0.05, 0) is 49.2 Å². The third-order valence-electron chi connectivity index (χ3n) is 5.11. The number of anilines is 1. The summed E-state index contributed by atoms with van der Waals surface area (Å²) in [6.45, 7) is 0.962. The van der Waals surface area contributed by atoms with Gasteiger partial charge in [0.15, 0.2) is 5.82 Å². The molecule has 0 bridgehead atoms. The fraction of sp³-hybridized carbons (Fsp3) is 0.238. The molecule has 0 saturated heterocycles. The zero-order valence-electron chi connectivity index (χ0n) is 15.4. The highest BCUT2D eigenvalue weighted by Gasteiger charge is 2.16. The molecule has 28 heavy (non-hydrogen) atoms. The fourth-order valence-electron chi connectivity index (χ4n) is 3.64. The lowest BCUT2D eigenvalue weighted by molar-refractivity contribution is 0.102. The Balaban J connectivity index is 1.35. The molecule has 0 spiro atoms. The van der Waals surface area contributed by atoms with Gasteiger partial charge in [0.25, 0.3) is 5.91 Å². The van der Waals surface area contributed by atoms with Crippen LogP contribution in [0.3, 0.4) is 0 Å². The number of benzene rings is 1. The molecule has 0 radical (unpaired) electrons. The second kappa shape index (κ2) is 6.92. The summed E-state index contributed by atoms with van der Waals surface area (Å²) in [5.74, 6) is 1.74. The Labute approximate surface area is 162 Å². The molecule has 1 N–H and O–H groups in total. The van der Waals surface area contributed by atoms with Crippen LogP contribution in [0.5, 0.6) is 0 Å². The van der Waals surface area contributed by atoms with Gasteiger partial charge in [-0.1, -0.05) is 12.5 Å². The summed E-state index contributed by atoms with van der Waals surface area (Å²) >= 11 is 0. The van der Waals surface area contributed by atoms with Crippen LogP contribution in [0.1, 0.15) is 35.6 Å². The summed E-state index contributed by atoms with van der Waals surface area (Å²) < 4.78 is 4.05. The lowest BCUT2D eigenvalue weighted by Gasteiger charge is -2.08. The van der Waals surface area contributed by atoms with E-state index in [-0.39, 0.29) is 5.91 Å². The first-order valence-electron chi connectivity index (χ1n) is 9.55. The predicted molar refractivity (Wildman–Crippen MR) is 106 cm³/mol. The number of hydrogen-bond acceptors (Lipinski definition) is 4. The van der Waals surface area contributed by atoms with Crippen molar-refractivity contribution in [2.24, 2.45) is 0 Å². The number of nitrogens with zero attached hydrogens (tertiary/aromatic N) is 5. The Morgan fingerprint density at radius 2 is 1.89 bits per heavy atom. The molecular formula is C21H20N6O. The summed E-state index contributed by atoms with van der Waals surface area (Å²) in [4.78, 5) is 16.9. The van der Waals surface area contributed by atoms with Gasteiger partial charge in [-0.25, -0.2) is 4.98 Å². The van der Waals surface area contributed by atoms with Crippen molar-refractivity contribution in [1.82, 2.24) is 24.1 Å². The molecule has 1 aromatic carbocycles. The number of hydrogen-bond donors (Lipinski definition) is 1. The standard InChI is InChI=1S/C21H20N6O/c28-21(17-14-26-12-5-3-6-18(26)23-17)22-16-10-8-15(9-11-16)20-25-24-19-7-2-1-4-13-27(19)20/h3,5-6,8-12,14H,1-2,4,7,13H2,(H,22,28). The van der Waals surface area contributed by atoms with Crippen LogP contribution in [0.2, 0.25) is 0 Å². The largest absolute Gasteiger partial charge is 0.321 e. The number of aromatic nitrogens is 5. The minimum Gasteiger partial charge on any atom is -0.321 e. The molecular weight excluding hydrogens is 352 g/mol. The summed E-state index contributed by atoms with van der Waals surface area (Å²) in [5, 5.41) is 11.6. The molecule has 1 aliphatic rings. The van der Waals surface area contributed by atoms with E-state index in [2.05, 4.69) is 25.1 Å². The van der Waals surface area contributed by atoms with Crippen molar-refractivity contribution in [1.29, 1.82) is 0 Å². The number of amides is 1. The maximum absolute atomic E-state index is 12.5. The average Bonchev–Trinajstić information content (AvgIpc) is 3.26. The fourth-order valence-corrected chi connectivity index (χ4v) is 3.64. The molecule has 3 aromatic heterocycles. The number of aryl methyl sites for hydroxylation is 1. The van der Waals surface area contributed by atoms with Crippen LogP contribution in [0.25, 0.3) is 17.0 Å². The van der Waals surface area contributed by atoms with Crippen molar-refractivity contribution < 1.29 is 4.79 Å². The second-order valence-corrected chi connectivity index (χ2v) is 7.03. The van der Waals surface area contributed by atoms with E-state index in [9.17, 15) is 4.79 Å². The summed E-state index contributed by atoms with van der Waals surface area (Å²) in [6.07, 6.45) is 8.15. The maximum Gasteiger partial charge on any atom is 0.275 e. The van der Waals surface area contributed by atoms with Gasteiger partial charge in [-0.15, -0.1) is 10.2 Å². The molecule has 0 unspecified atom stereocenters. The average molecular weight is 372 g/mol. The van der Waals surface area contributed by atoms with E-state index < -0.39 is 0 Å². The highest BCUT2D eigenvalue weighted by Crippen LogP contribution is 2.24. The van der Waals surface area contributed by atoms with Crippen molar-refractivity contribution in [3.05, 3.63) is 66.4 Å². The minimum atomic E-state index is -0.229. The normalized spacial score (nSPS) is 13.9. The molecule has 0 saturated carbocycles. The molecule has 1 amide bonds. The molecule has 7 nitrogen and oxygen atoms in total. The van der Waals surface area contributed by atoms with Crippen LogP contribution in [0, 0.1) is 0 Å². The number of carbonyl (C=O) groups excluding carboxylic acids is 1. The van der Waals surface area contributed by atoms with E-state index in [1.54, 1.807) is 6.20 Å². The molecule has 4 heterocycles. The van der Waals surface area contributed by atoms with Crippen LogP contribution in [0.4, 0.5) is 5.69 Å². The van der Waals surface area contributed by atoms with E-state index in [4.69, 9.17) is 0 Å². The van der Waals surface area contributed by atoms with E-state index in [0.717, 1.165) is 47.9 Å². The molecule has 0 aliphatic carbocycles. The molecule has 5 rings (SSSR count). The maximum atomic E-state index is 12.5. The van der Waals surface area contributed by atoms with Crippen LogP contribution in [-0.2, 0) is 13.0 Å². The third-order valence-corrected chi connectivity index (χ3v) is 5.11. The number of imidazole rings is 1. The van der Waals surface area contributed by atoms with Crippen LogP contribution in [-0.4, -0.2) is 30.1 Å². The molecule has 0 fully saturated rings. The minimum absolute atomic E-state index is 0.229. The number of fused-ring (bicyclic) bond motifs is 2. The first-order chi connectivity index (χ1) is 13.8. The van der Waals surface area contributed by atoms with E-state index in [1.165, 1.54) is 12.8 Å². The lowest BCUT2D eigenvalue weighted by atomic mass is 10.2. The van der Waals surface area contributed by atoms with Crippen LogP contribution < -0.4 is 5.32 Å². The summed E-state index contributed by atoms with van der Waals surface area (Å²) in [6, 6.07) is 13.4. The van der Waals surface area contributed by atoms with Crippen molar-refractivity contribution in [3.8, 4) is 11.4 Å². The van der Waals surface area contributed by atoms with Gasteiger partial charge < -0.3 is 14.3 Å². The monoisotopic (exact) mass is 372 g/mol. The quantitative estimate of drug-likeness (QED) is 0.596. The van der Waals surface area contributed by atoms with Gasteiger partial charge in [0, 0.05) is 36.6 Å². The van der Waals surface area contributed by atoms with Gasteiger partial charge in [0.2, 0.25) is 0 Å². The first kappa shape index (κ1) is 16.7. The second-order valence-electron chi connectivity index (χ2n) is 7.03. The predicted octanol–water partition coefficient (Wildman–Crippen LogP) is 3.57. The molecule has 4 aromatic rings. The van der Waals surface area contributed by atoms with Gasteiger partial charge in [0.05, 0.1) is 0 Å². The van der Waals surface area contributed by atoms with Crippen LogP contribution in [0.15, 0.2) is 54.9 Å². The highest BCUT2D eigenvalue weighted by molar-refractivity contribution is 6.03. The Morgan fingerprint density at radius 1 is 1.00 bits per heavy atom. The Morgan fingerprint density at radius 3 is 2.75 bits per heavy atom. The van der Waals surface area contributed by atoms with Crippen molar-refractivity contribution in [2.75, 3.05) is 5.32 Å². The first-order valence-corrected chi connectivity index (χ1v) is 9.55. The molecule has 0 atom stereocenters. The number of pyridine rings is 1. The van der Waals surface area contributed by atoms with Crippen molar-refractivity contribution in [3.63, 3.8) is 0 Å². The Kier molecular flexibility index (Phi) is 4.12. The third kappa shape index (κ3) is 3.05. The topological polar surface area (TPSA) is 77.1 Å². The van der Waals surface area contributed by atoms with E-state index in [1.807, 2.05) is 53.1 Å². The molecule has 1 aliphatic heterocycles. The van der Waals surface area contributed by atoms with Gasteiger partial charge >= 0.3 is 0 Å². The van der Waals surface area contributed by atoms with Crippen molar-refractivity contribution >= 4 is 17.2 Å².